The van der Waals surface area contributed by atoms with Crippen molar-refractivity contribution >= 4 is 28.5 Å². The van der Waals surface area contributed by atoms with Gasteiger partial charge in [-0.2, -0.15) is 0 Å². The summed E-state index contributed by atoms with van der Waals surface area (Å²) in [6.45, 7) is 16.7. The molecule has 1 amide bonds. The largest absolute Gasteiger partial charge is 0.444 e. The van der Waals surface area contributed by atoms with Gasteiger partial charge in [0.1, 0.15) is 5.60 Å². The molecule has 1 saturated carbocycles. The number of anilines is 1. The number of ether oxygens (including phenoxy) is 2. The highest BCUT2D eigenvalue weighted by Gasteiger charge is 2.68. The quantitative estimate of drug-likeness (QED) is 0.540. The number of carbonyl (C=O) groups excluding carboxylic acids is 2. The summed E-state index contributed by atoms with van der Waals surface area (Å²) >= 11 is 0. The predicted molar refractivity (Wildman–Crippen MR) is 131 cm³/mol. The summed E-state index contributed by atoms with van der Waals surface area (Å²) in [6, 6.07) is 5.79. The number of carbonyl (C=O) groups is 2. The number of nitrogens with one attached hydrogen (secondary N) is 1. The highest BCUT2D eigenvalue weighted by Crippen LogP contribution is 2.69. The predicted octanol–water partition coefficient (Wildman–Crippen LogP) is 6.28. The maximum Gasteiger partial charge on any atom is 0.412 e. The van der Waals surface area contributed by atoms with Crippen LogP contribution in [0.25, 0.3) is 10.9 Å². The molecule has 0 atom stereocenters. The molecule has 0 spiro atoms. The van der Waals surface area contributed by atoms with Crippen LogP contribution in [0.3, 0.4) is 0 Å². The molecule has 1 aliphatic heterocycles. The second kappa shape index (κ2) is 8.15. The summed E-state index contributed by atoms with van der Waals surface area (Å²) in [5, 5.41) is 3.71. The average molecular weight is 455 g/mol. The van der Waals surface area contributed by atoms with Crippen LogP contribution in [-0.4, -0.2) is 35.3 Å². The molecule has 1 aromatic heterocycles. The third kappa shape index (κ3) is 4.54. The fourth-order valence-electron chi connectivity index (χ4n) is 5.36. The number of amides is 1. The first-order valence-corrected chi connectivity index (χ1v) is 12.1. The smallest absolute Gasteiger partial charge is 0.412 e. The summed E-state index contributed by atoms with van der Waals surface area (Å²) in [7, 11) is 0. The zero-order chi connectivity index (χ0) is 24.2. The van der Waals surface area contributed by atoms with Crippen LogP contribution in [0, 0.1) is 22.7 Å². The van der Waals surface area contributed by atoms with Crippen molar-refractivity contribution in [2.45, 2.75) is 73.5 Å². The van der Waals surface area contributed by atoms with Gasteiger partial charge in [0.15, 0.2) is 5.78 Å². The van der Waals surface area contributed by atoms with E-state index in [-0.39, 0.29) is 22.5 Å². The van der Waals surface area contributed by atoms with Crippen molar-refractivity contribution in [1.82, 2.24) is 4.57 Å². The van der Waals surface area contributed by atoms with Gasteiger partial charge in [0.25, 0.3) is 0 Å². The van der Waals surface area contributed by atoms with E-state index in [1.165, 1.54) is 0 Å². The van der Waals surface area contributed by atoms with Gasteiger partial charge in [-0.25, -0.2) is 4.79 Å². The molecule has 6 nitrogen and oxygen atoms in total. The Bertz CT molecular complexity index is 1050. The fourth-order valence-corrected chi connectivity index (χ4v) is 5.36. The zero-order valence-corrected chi connectivity index (χ0v) is 21.1. The fraction of sp³-hybridized carbons (Fsp3) is 0.630. The molecular formula is C27H38N2O4. The van der Waals surface area contributed by atoms with E-state index in [9.17, 15) is 9.59 Å². The van der Waals surface area contributed by atoms with E-state index < -0.39 is 11.7 Å². The molecule has 0 radical (unpaired) electrons. The Morgan fingerprint density at radius 2 is 1.76 bits per heavy atom. The van der Waals surface area contributed by atoms with Gasteiger partial charge < -0.3 is 14.0 Å². The lowest BCUT2D eigenvalue weighted by Crippen LogP contribution is -2.27. The molecule has 0 unspecified atom stereocenters. The Labute approximate surface area is 197 Å². The summed E-state index contributed by atoms with van der Waals surface area (Å²) in [6.07, 6.45) is 3.60. The molecule has 1 saturated heterocycles. The van der Waals surface area contributed by atoms with Crippen LogP contribution in [0.2, 0.25) is 0 Å². The summed E-state index contributed by atoms with van der Waals surface area (Å²) in [5.74, 6) is 0.704. The van der Waals surface area contributed by atoms with Crippen LogP contribution in [0.15, 0.2) is 24.4 Å². The van der Waals surface area contributed by atoms with Gasteiger partial charge in [-0.3, -0.25) is 10.1 Å². The lowest BCUT2D eigenvalue weighted by Gasteiger charge is -2.22. The van der Waals surface area contributed by atoms with Crippen molar-refractivity contribution in [2.24, 2.45) is 22.7 Å². The van der Waals surface area contributed by atoms with Gasteiger partial charge >= 0.3 is 6.09 Å². The number of rotatable bonds is 5. The van der Waals surface area contributed by atoms with E-state index in [1.807, 2.05) is 45.2 Å². The van der Waals surface area contributed by atoms with Gasteiger partial charge in [-0.15, -0.1) is 0 Å². The van der Waals surface area contributed by atoms with Crippen molar-refractivity contribution in [3.05, 3.63) is 30.0 Å². The first-order chi connectivity index (χ1) is 15.3. The molecule has 2 heterocycles. The Morgan fingerprint density at radius 1 is 1.12 bits per heavy atom. The standard InChI is InChI=1S/C27H38N2O4/c1-25(2,3)33-24(31)28-18-8-9-21-19(14-18)20(22(30)23-26(4,5)27(23,6)7)16-29(21)15-17-10-12-32-13-11-17/h8-9,14,16-17,23H,10-13,15H2,1-7H3,(H,28,31). The van der Waals surface area contributed by atoms with Crippen LogP contribution >= 0.6 is 0 Å². The Hall–Kier alpha value is -2.34. The Balaban J connectivity index is 1.69. The average Bonchev–Trinajstić information content (AvgIpc) is 2.94. The minimum atomic E-state index is -0.578. The highest BCUT2D eigenvalue weighted by atomic mass is 16.6. The van der Waals surface area contributed by atoms with Gasteiger partial charge in [0.05, 0.1) is 0 Å². The summed E-state index contributed by atoms with van der Waals surface area (Å²) < 4.78 is 13.2. The molecule has 33 heavy (non-hydrogen) atoms. The van der Waals surface area contributed by atoms with E-state index in [0.29, 0.717) is 11.6 Å². The number of Topliss-reactive ketones (excluding diaryl/α,β-unsaturated/α-hetero) is 1. The van der Waals surface area contributed by atoms with E-state index >= 15 is 0 Å². The molecule has 1 aliphatic carbocycles. The Morgan fingerprint density at radius 3 is 2.33 bits per heavy atom. The van der Waals surface area contributed by atoms with Gasteiger partial charge in [-0.1, -0.05) is 27.7 Å². The molecule has 4 rings (SSSR count). The highest BCUT2D eigenvalue weighted by molar-refractivity contribution is 6.11. The SMILES string of the molecule is CC(C)(C)OC(=O)Nc1ccc2c(c1)c(C(=O)C1C(C)(C)C1(C)C)cn2CC1CCOCC1. The first kappa shape index (κ1) is 23.8. The maximum atomic E-state index is 13.7. The summed E-state index contributed by atoms with van der Waals surface area (Å²) in [4.78, 5) is 26.1. The van der Waals surface area contributed by atoms with Gasteiger partial charge in [0, 0.05) is 54.0 Å². The van der Waals surface area contributed by atoms with Crippen LogP contribution in [0.5, 0.6) is 0 Å². The van der Waals surface area contributed by atoms with Gasteiger partial charge in [0.2, 0.25) is 0 Å². The number of hydrogen-bond donors (Lipinski definition) is 1. The summed E-state index contributed by atoms with van der Waals surface area (Å²) in [5.41, 5.74) is 1.75. The molecular weight excluding hydrogens is 416 g/mol. The van der Waals surface area contributed by atoms with Crippen molar-refractivity contribution in [1.29, 1.82) is 0 Å². The molecule has 2 fully saturated rings. The number of aromatic nitrogens is 1. The Kier molecular flexibility index (Phi) is 5.88. The zero-order valence-electron chi connectivity index (χ0n) is 21.1. The van der Waals surface area contributed by atoms with E-state index in [1.54, 1.807) is 0 Å². The molecule has 180 valence electrons. The lowest BCUT2D eigenvalue weighted by atomic mass is 10.0. The van der Waals surface area contributed by atoms with E-state index in [2.05, 4.69) is 37.6 Å². The second-order valence-corrected chi connectivity index (χ2v) is 11.9. The number of nitrogens with zero attached hydrogens (tertiary/aromatic N) is 1. The lowest BCUT2D eigenvalue weighted by molar-refractivity contribution is 0.0615. The number of hydrogen-bond acceptors (Lipinski definition) is 4. The topological polar surface area (TPSA) is 69.6 Å². The molecule has 2 aliphatic rings. The first-order valence-electron chi connectivity index (χ1n) is 12.1. The van der Waals surface area contributed by atoms with Crippen molar-refractivity contribution < 1.29 is 19.1 Å². The molecule has 1 aromatic carbocycles. The van der Waals surface area contributed by atoms with Crippen LogP contribution in [0.4, 0.5) is 10.5 Å². The van der Waals surface area contributed by atoms with Crippen molar-refractivity contribution in [3.63, 3.8) is 0 Å². The maximum absolute atomic E-state index is 13.7. The third-order valence-corrected chi connectivity index (χ3v) is 7.87. The third-order valence-electron chi connectivity index (χ3n) is 7.87. The number of benzene rings is 1. The van der Waals surface area contributed by atoms with Gasteiger partial charge in [-0.05, 0) is 68.6 Å². The molecule has 0 bridgehead atoms. The molecule has 1 N–H and O–H groups in total. The molecule has 2 aromatic rings. The monoisotopic (exact) mass is 454 g/mol. The number of fused-ring (bicyclic) bond motifs is 1. The van der Waals surface area contributed by atoms with Crippen LogP contribution < -0.4 is 5.32 Å². The minimum Gasteiger partial charge on any atom is -0.444 e. The minimum absolute atomic E-state index is 0.0189. The van der Waals surface area contributed by atoms with Crippen LogP contribution in [0.1, 0.15) is 71.7 Å². The van der Waals surface area contributed by atoms with E-state index in [4.69, 9.17) is 9.47 Å². The van der Waals surface area contributed by atoms with Crippen molar-refractivity contribution in [3.8, 4) is 0 Å². The van der Waals surface area contributed by atoms with E-state index in [0.717, 1.165) is 49.1 Å². The number of ketones is 1. The van der Waals surface area contributed by atoms with Crippen LogP contribution in [-0.2, 0) is 16.0 Å². The second-order valence-electron chi connectivity index (χ2n) is 11.9. The molecule has 6 heteroatoms. The normalized spacial score (nSPS) is 20.6. The van der Waals surface area contributed by atoms with Crippen molar-refractivity contribution in [2.75, 3.05) is 18.5 Å².